The quantitative estimate of drug-likeness (QED) is 0.806. The number of pyridine rings is 1. The van der Waals surface area contributed by atoms with E-state index in [4.69, 9.17) is 4.74 Å². The minimum absolute atomic E-state index is 0.235. The van der Waals surface area contributed by atoms with Crippen LogP contribution in [0.3, 0.4) is 0 Å². The van der Waals surface area contributed by atoms with Crippen LogP contribution in [0, 0.1) is 12.8 Å². The van der Waals surface area contributed by atoms with Crippen molar-refractivity contribution in [2.45, 2.75) is 53.7 Å². The lowest BCUT2D eigenvalue weighted by atomic mass is 10.2. The van der Waals surface area contributed by atoms with Crippen LogP contribution in [0.1, 0.15) is 45.5 Å². The summed E-state index contributed by atoms with van der Waals surface area (Å²) in [5.41, 5.74) is 2.05. The molecular formula is C15H26N2O. The predicted octanol–water partition coefficient (Wildman–Crippen LogP) is 3.31. The third-order valence-electron chi connectivity index (χ3n) is 2.82. The summed E-state index contributed by atoms with van der Waals surface area (Å²) in [7, 11) is 0. The van der Waals surface area contributed by atoms with E-state index in [-0.39, 0.29) is 6.10 Å². The zero-order valence-electron chi connectivity index (χ0n) is 12.3. The van der Waals surface area contributed by atoms with E-state index in [2.05, 4.69) is 38.0 Å². The summed E-state index contributed by atoms with van der Waals surface area (Å²) >= 11 is 0. The molecule has 1 heterocycles. The van der Waals surface area contributed by atoms with Crippen LogP contribution in [-0.2, 0) is 6.54 Å². The molecule has 0 bridgehead atoms. The minimum atomic E-state index is 0.235. The molecule has 0 aromatic carbocycles. The molecule has 0 spiro atoms. The second-order valence-corrected chi connectivity index (χ2v) is 5.26. The number of rotatable bonds is 7. The van der Waals surface area contributed by atoms with Crippen LogP contribution in [0.15, 0.2) is 12.1 Å². The van der Waals surface area contributed by atoms with Gasteiger partial charge in [-0.1, -0.05) is 20.8 Å². The fourth-order valence-electron chi connectivity index (χ4n) is 1.61. The molecule has 1 atom stereocenters. The molecule has 18 heavy (non-hydrogen) atoms. The highest BCUT2D eigenvalue weighted by Gasteiger charge is 2.09. The highest BCUT2D eigenvalue weighted by molar-refractivity contribution is 5.29. The molecule has 0 aliphatic heterocycles. The van der Waals surface area contributed by atoms with Crippen molar-refractivity contribution in [2.75, 3.05) is 6.54 Å². The van der Waals surface area contributed by atoms with E-state index in [9.17, 15) is 0 Å². The SMILES string of the molecule is CCC(C)Oc1ccc(C)nc1CNCC(C)C. The summed E-state index contributed by atoms with van der Waals surface area (Å²) in [6, 6.07) is 4.03. The van der Waals surface area contributed by atoms with Crippen molar-refractivity contribution in [3.05, 3.63) is 23.5 Å². The van der Waals surface area contributed by atoms with Gasteiger partial charge in [0.05, 0.1) is 11.8 Å². The zero-order valence-corrected chi connectivity index (χ0v) is 12.3. The molecule has 3 nitrogen and oxygen atoms in total. The van der Waals surface area contributed by atoms with Crippen LogP contribution >= 0.6 is 0 Å². The first kappa shape index (κ1) is 15.0. The molecule has 0 aliphatic carbocycles. The van der Waals surface area contributed by atoms with Gasteiger partial charge in [-0.05, 0) is 44.9 Å². The zero-order chi connectivity index (χ0) is 13.5. The number of hydrogen-bond donors (Lipinski definition) is 1. The predicted molar refractivity (Wildman–Crippen MR) is 75.9 cm³/mol. The maximum Gasteiger partial charge on any atom is 0.142 e. The molecule has 1 aromatic heterocycles. The Bertz CT molecular complexity index is 364. The highest BCUT2D eigenvalue weighted by Crippen LogP contribution is 2.19. The Morgan fingerprint density at radius 3 is 2.61 bits per heavy atom. The first-order valence-corrected chi connectivity index (χ1v) is 6.86. The number of nitrogens with zero attached hydrogens (tertiary/aromatic N) is 1. The van der Waals surface area contributed by atoms with Crippen molar-refractivity contribution < 1.29 is 4.74 Å². The van der Waals surface area contributed by atoms with E-state index in [1.165, 1.54) is 0 Å². The maximum absolute atomic E-state index is 5.90. The lowest BCUT2D eigenvalue weighted by molar-refractivity contribution is 0.213. The number of hydrogen-bond acceptors (Lipinski definition) is 3. The Morgan fingerprint density at radius 2 is 2.00 bits per heavy atom. The molecule has 0 fully saturated rings. The Hall–Kier alpha value is -1.09. The second-order valence-electron chi connectivity index (χ2n) is 5.26. The largest absolute Gasteiger partial charge is 0.489 e. The first-order chi connectivity index (χ1) is 8.52. The number of nitrogens with one attached hydrogen (secondary N) is 1. The number of aromatic nitrogens is 1. The van der Waals surface area contributed by atoms with E-state index in [1.54, 1.807) is 0 Å². The van der Waals surface area contributed by atoms with Gasteiger partial charge in [-0.3, -0.25) is 4.98 Å². The minimum Gasteiger partial charge on any atom is -0.489 e. The molecule has 0 saturated carbocycles. The van der Waals surface area contributed by atoms with Crippen LogP contribution in [-0.4, -0.2) is 17.6 Å². The van der Waals surface area contributed by atoms with Gasteiger partial charge in [0, 0.05) is 12.2 Å². The molecule has 0 aliphatic rings. The van der Waals surface area contributed by atoms with Crippen molar-refractivity contribution in [2.24, 2.45) is 5.92 Å². The highest BCUT2D eigenvalue weighted by atomic mass is 16.5. The third-order valence-corrected chi connectivity index (χ3v) is 2.82. The first-order valence-electron chi connectivity index (χ1n) is 6.86. The fourth-order valence-corrected chi connectivity index (χ4v) is 1.61. The van der Waals surface area contributed by atoms with Crippen molar-refractivity contribution in [3.63, 3.8) is 0 Å². The van der Waals surface area contributed by atoms with Crippen molar-refractivity contribution >= 4 is 0 Å². The van der Waals surface area contributed by atoms with Gasteiger partial charge in [0.25, 0.3) is 0 Å². The lowest BCUT2D eigenvalue weighted by Gasteiger charge is -2.16. The Kier molecular flexibility index (Phi) is 6.13. The number of ether oxygens (including phenoxy) is 1. The van der Waals surface area contributed by atoms with Crippen LogP contribution in [0.5, 0.6) is 5.75 Å². The van der Waals surface area contributed by atoms with Crippen LogP contribution in [0.4, 0.5) is 0 Å². The Balaban J connectivity index is 2.70. The van der Waals surface area contributed by atoms with Gasteiger partial charge in [0.15, 0.2) is 0 Å². The normalized spacial score (nSPS) is 12.8. The van der Waals surface area contributed by atoms with Gasteiger partial charge >= 0.3 is 0 Å². The average molecular weight is 250 g/mol. The van der Waals surface area contributed by atoms with Gasteiger partial charge in [0.1, 0.15) is 5.75 Å². The molecule has 0 amide bonds. The summed E-state index contributed by atoms with van der Waals surface area (Å²) in [6.07, 6.45) is 1.24. The Morgan fingerprint density at radius 1 is 1.28 bits per heavy atom. The number of aryl methyl sites for hydroxylation is 1. The van der Waals surface area contributed by atoms with E-state index in [0.717, 1.165) is 36.6 Å². The maximum atomic E-state index is 5.90. The molecule has 0 radical (unpaired) electrons. The van der Waals surface area contributed by atoms with Gasteiger partial charge in [-0.15, -0.1) is 0 Å². The second kappa shape index (κ2) is 7.37. The molecule has 102 valence electrons. The summed E-state index contributed by atoms with van der Waals surface area (Å²) in [5.74, 6) is 1.56. The van der Waals surface area contributed by atoms with E-state index in [1.807, 2.05) is 19.1 Å². The summed E-state index contributed by atoms with van der Waals surface area (Å²) < 4.78 is 5.90. The van der Waals surface area contributed by atoms with Crippen LogP contribution in [0.25, 0.3) is 0 Å². The lowest BCUT2D eigenvalue weighted by Crippen LogP contribution is -2.21. The fraction of sp³-hybridized carbons (Fsp3) is 0.667. The van der Waals surface area contributed by atoms with E-state index < -0.39 is 0 Å². The summed E-state index contributed by atoms with van der Waals surface area (Å²) in [6.45, 7) is 12.4. The standard InChI is InChI=1S/C15H26N2O/c1-6-13(5)18-15-8-7-12(4)17-14(15)10-16-9-11(2)3/h7-8,11,13,16H,6,9-10H2,1-5H3. The monoisotopic (exact) mass is 250 g/mol. The summed E-state index contributed by atoms with van der Waals surface area (Å²) in [4.78, 5) is 4.57. The van der Waals surface area contributed by atoms with E-state index in [0.29, 0.717) is 5.92 Å². The van der Waals surface area contributed by atoms with Crippen molar-refractivity contribution in [1.29, 1.82) is 0 Å². The van der Waals surface area contributed by atoms with Crippen LogP contribution in [0.2, 0.25) is 0 Å². The van der Waals surface area contributed by atoms with Gasteiger partial charge < -0.3 is 10.1 Å². The van der Waals surface area contributed by atoms with Crippen molar-refractivity contribution in [3.8, 4) is 5.75 Å². The van der Waals surface area contributed by atoms with Gasteiger partial charge in [-0.2, -0.15) is 0 Å². The molecule has 1 aromatic rings. The van der Waals surface area contributed by atoms with Crippen LogP contribution < -0.4 is 10.1 Å². The van der Waals surface area contributed by atoms with Gasteiger partial charge in [-0.25, -0.2) is 0 Å². The topological polar surface area (TPSA) is 34.1 Å². The molecule has 3 heteroatoms. The smallest absolute Gasteiger partial charge is 0.142 e. The van der Waals surface area contributed by atoms with E-state index >= 15 is 0 Å². The third kappa shape index (κ3) is 5.05. The van der Waals surface area contributed by atoms with Gasteiger partial charge in [0.2, 0.25) is 0 Å². The molecule has 1 N–H and O–H groups in total. The molecule has 1 unspecified atom stereocenters. The molecule has 0 saturated heterocycles. The average Bonchev–Trinajstić information content (AvgIpc) is 2.31. The summed E-state index contributed by atoms with van der Waals surface area (Å²) in [5, 5.41) is 3.42. The molecule has 1 rings (SSSR count). The van der Waals surface area contributed by atoms with Crippen molar-refractivity contribution in [1.82, 2.24) is 10.3 Å². The Labute approximate surface area is 111 Å². The molecular weight excluding hydrogens is 224 g/mol.